The first-order chi connectivity index (χ1) is 14.5. The molecule has 1 aromatic rings. The highest BCUT2D eigenvalue weighted by atomic mass is 32.2. The van der Waals surface area contributed by atoms with Crippen LogP contribution in [0.15, 0.2) is 54.0 Å². The Morgan fingerprint density at radius 1 is 1.06 bits per heavy atom. The van der Waals surface area contributed by atoms with E-state index in [0.717, 1.165) is 69.5 Å². The summed E-state index contributed by atoms with van der Waals surface area (Å²) in [4.78, 5) is 2.07. The Balaban J connectivity index is 1.80. The van der Waals surface area contributed by atoms with Gasteiger partial charge in [0.2, 0.25) is 10.0 Å². The number of likely N-dealkylation sites (N-methyl/N-ethyl adjacent to an activating group) is 1. The van der Waals surface area contributed by atoms with E-state index >= 15 is 0 Å². The molecule has 0 atom stereocenters. The molecule has 8 heteroatoms. The highest BCUT2D eigenvalue weighted by Gasteiger charge is 2.31. The van der Waals surface area contributed by atoms with E-state index < -0.39 is 21.8 Å². The summed E-state index contributed by atoms with van der Waals surface area (Å²) in [5, 5.41) is 0. The van der Waals surface area contributed by atoms with Crippen LogP contribution in [0.25, 0.3) is 0 Å². The summed E-state index contributed by atoms with van der Waals surface area (Å²) in [5.74, 6) is 1.04. The van der Waals surface area contributed by atoms with Gasteiger partial charge in [-0.05, 0) is 75.3 Å². The fourth-order valence-corrected chi connectivity index (χ4v) is 5.06. The van der Waals surface area contributed by atoms with Crippen LogP contribution in [0.2, 0.25) is 0 Å². The molecule has 0 aromatic heterocycles. The second-order valence-corrected chi connectivity index (χ2v) is 10.4. The first-order valence-electron chi connectivity index (χ1n) is 10.6. The van der Waals surface area contributed by atoms with Crippen molar-refractivity contribution < 1.29 is 21.6 Å². The minimum atomic E-state index is -4.48. The van der Waals surface area contributed by atoms with Crippen LogP contribution in [0, 0.1) is 11.8 Å². The standard InChI is InChI=1S/C23H33F3N2O2S/c1-4-16-27(2)17-5-6-19-7-9-20(10-8-19)15-18-28(3)31(29,30)22-13-11-21(12-14-22)23(24,25)26/h4-6,11-14,19-20H,1,7-10,15-18H2,2-3H3. The second-order valence-electron chi connectivity index (χ2n) is 8.36. The smallest absolute Gasteiger partial charge is 0.299 e. The number of halogens is 3. The Kier molecular flexibility index (Phi) is 9.33. The largest absolute Gasteiger partial charge is 0.416 e. The number of benzene rings is 1. The first kappa shape index (κ1) is 25.6. The van der Waals surface area contributed by atoms with Gasteiger partial charge in [-0.3, -0.25) is 4.90 Å². The number of hydrogen-bond donors (Lipinski definition) is 0. The molecule has 0 bridgehead atoms. The zero-order valence-electron chi connectivity index (χ0n) is 18.3. The van der Waals surface area contributed by atoms with Gasteiger partial charge < -0.3 is 0 Å². The van der Waals surface area contributed by atoms with Crippen molar-refractivity contribution in [2.45, 2.75) is 43.2 Å². The van der Waals surface area contributed by atoms with Gasteiger partial charge in [0, 0.05) is 26.7 Å². The van der Waals surface area contributed by atoms with Crippen LogP contribution in [0.3, 0.4) is 0 Å². The van der Waals surface area contributed by atoms with Crippen LogP contribution in [-0.4, -0.2) is 51.4 Å². The summed E-state index contributed by atoms with van der Waals surface area (Å²) in [7, 11) is -0.254. The molecular formula is C23H33F3N2O2S. The van der Waals surface area contributed by atoms with Crippen molar-refractivity contribution in [1.82, 2.24) is 9.21 Å². The van der Waals surface area contributed by atoms with Crippen molar-refractivity contribution in [3.63, 3.8) is 0 Å². The van der Waals surface area contributed by atoms with Crippen molar-refractivity contribution in [3.8, 4) is 0 Å². The van der Waals surface area contributed by atoms with E-state index in [0.29, 0.717) is 18.4 Å². The predicted octanol–water partition coefficient (Wildman–Crippen LogP) is 5.20. The van der Waals surface area contributed by atoms with Gasteiger partial charge in [0.05, 0.1) is 10.5 Å². The molecule has 0 unspecified atom stereocenters. The maximum absolute atomic E-state index is 12.7. The lowest BCUT2D eigenvalue weighted by Crippen LogP contribution is -2.30. The molecule has 2 rings (SSSR count). The molecule has 1 aromatic carbocycles. The summed E-state index contributed by atoms with van der Waals surface area (Å²) >= 11 is 0. The summed E-state index contributed by atoms with van der Waals surface area (Å²) in [6, 6.07) is 3.67. The Bertz CT molecular complexity index is 827. The fourth-order valence-electron chi connectivity index (χ4n) is 3.88. The number of rotatable bonds is 10. The maximum atomic E-state index is 12.7. The molecule has 4 nitrogen and oxygen atoms in total. The number of nitrogens with zero attached hydrogens (tertiary/aromatic N) is 2. The Morgan fingerprint density at radius 2 is 1.68 bits per heavy atom. The minimum absolute atomic E-state index is 0.113. The summed E-state index contributed by atoms with van der Waals surface area (Å²) in [6.07, 6.45) is 6.98. The number of alkyl halides is 3. The van der Waals surface area contributed by atoms with Gasteiger partial charge in [0.15, 0.2) is 0 Å². The van der Waals surface area contributed by atoms with Gasteiger partial charge in [0.1, 0.15) is 0 Å². The van der Waals surface area contributed by atoms with Gasteiger partial charge in [-0.2, -0.15) is 13.2 Å². The van der Waals surface area contributed by atoms with Crippen molar-refractivity contribution in [3.05, 3.63) is 54.6 Å². The van der Waals surface area contributed by atoms with E-state index in [9.17, 15) is 21.6 Å². The SMILES string of the molecule is C=CCN(C)CC=CC1CCC(CCN(C)S(=O)(=O)c2ccc(C(F)(F)F)cc2)CC1. The fraction of sp³-hybridized carbons (Fsp3) is 0.565. The molecule has 1 aliphatic carbocycles. The lowest BCUT2D eigenvalue weighted by Gasteiger charge is -2.28. The Hall–Kier alpha value is -1.64. The van der Waals surface area contributed by atoms with E-state index in [2.05, 4.69) is 30.7 Å². The first-order valence-corrected chi connectivity index (χ1v) is 12.1. The maximum Gasteiger partial charge on any atom is 0.416 e. The lowest BCUT2D eigenvalue weighted by molar-refractivity contribution is -0.137. The molecule has 0 heterocycles. The van der Waals surface area contributed by atoms with Crippen molar-refractivity contribution in [2.24, 2.45) is 11.8 Å². The highest BCUT2D eigenvalue weighted by molar-refractivity contribution is 7.89. The highest BCUT2D eigenvalue weighted by Crippen LogP contribution is 2.33. The molecule has 0 spiro atoms. The molecule has 1 aliphatic rings. The average molecular weight is 459 g/mol. The number of sulfonamides is 1. The van der Waals surface area contributed by atoms with Crippen LogP contribution in [0.4, 0.5) is 13.2 Å². The van der Waals surface area contributed by atoms with Gasteiger partial charge in [-0.15, -0.1) is 6.58 Å². The molecule has 0 amide bonds. The Morgan fingerprint density at radius 3 is 2.23 bits per heavy atom. The van der Waals surface area contributed by atoms with E-state index in [1.54, 1.807) is 0 Å². The normalized spacial score (nSPS) is 20.6. The van der Waals surface area contributed by atoms with Crippen molar-refractivity contribution in [2.75, 3.05) is 33.7 Å². The van der Waals surface area contributed by atoms with Gasteiger partial charge in [0.25, 0.3) is 0 Å². The molecular weight excluding hydrogens is 425 g/mol. The van der Waals surface area contributed by atoms with Crippen molar-refractivity contribution >= 4 is 10.0 Å². The predicted molar refractivity (Wildman–Crippen MR) is 118 cm³/mol. The molecule has 1 fully saturated rings. The molecule has 0 radical (unpaired) electrons. The summed E-state index contributed by atoms with van der Waals surface area (Å²) in [6.45, 7) is 5.86. The van der Waals surface area contributed by atoms with Crippen LogP contribution in [0.5, 0.6) is 0 Å². The van der Waals surface area contributed by atoms with Gasteiger partial charge >= 0.3 is 6.18 Å². The molecule has 0 saturated heterocycles. The molecule has 0 aliphatic heterocycles. The van der Waals surface area contributed by atoms with E-state index in [-0.39, 0.29) is 4.90 Å². The third-order valence-corrected chi connectivity index (χ3v) is 7.77. The van der Waals surface area contributed by atoms with Crippen molar-refractivity contribution in [1.29, 1.82) is 0 Å². The van der Waals surface area contributed by atoms with Crippen LogP contribution < -0.4 is 0 Å². The molecule has 31 heavy (non-hydrogen) atoms. The zero-order valence-corrected chi connectivity index (χ0v) is 19.1. The Labute approximate surface area is 184 Å². The molecule has 0 N–H and O–H groups in total. The topological polar surface area (TPSA) is 40.6 Å². The van der Waals surface area contributed by atoms with E-state index in [1.165, 1.54) is 11.4 Å². The summed E-state index contributed by atoms with van der Waals surface area (Å²) in [5.41, 5.74) is -0.854. The molecule has 174 valence electrons. The van der Waals surface area contributed by atoms with Crippen LogP contribution in [0.1, 0.15) is 37.7 Å². The average Bonchev–Trinajstić information content (AvgIpc) is 2.72. The molecule has 1 saturated carbocycles. The summed E-state index contributed by atoms with van der Waals surface area (Å²) < 4.78 is 64.7. The quantitative estimate of drug-likeness (QED) is 0.453. The van der Waals surface area contributed by atoms with E-state index in [1.807, 2.05) is 6.08 Å². The minimum Gasteiger partial charge on any atom is -0.299 e. The third kappa shape index (κ3) is 7.77. The van der Waals surface area contributed by atoms with Gasteiger partial charge in [-0.1, -0.05) is 18.2 Å². The van der Waals surface area contributed by atoms with Gasteiger partial charge in [-0.25, -0.2) is 12.7 Å². The third-order valence-electron chi connectivity index (χ3n) is 5.90. The number of hydrogen-bond acceptors (Lipinski definition) is 3. The monoisotopic (exact) mass is 458 g/mol. The van der Waals surface area contributed by atoms with Crippen LogP contribution >= 0.6 is 0 Å². The van der Waals surface area contributed by atoms with Crippen LogP contribution in [-0.2, 0) is 16.2 Å². The zero-order chi connectivity index (χ0) is 23.1. The lowest BCUT2D eigenvalue weighted by atomic mass is 9.80. The number of allylic oxidation sites excluding steroid dienone is 1. The van der Waals surface area contributed by atoms with E-state index in [4.69, 9.17) is 0 Å². The second kappa shape index (κ2) is 11.3.